The van der Waals surface area contributed by atoms with Gasteiger partial charge in [0.1, 0.15) is 0 Å². The van der Waals surface area contributed by atoms with E-state index in [4.69, 9.17) is 0 Å². The van der Waals surface area contributed by atoms with Crippen molar-refractivity contribution in [2.24, 2.45) is 5.92 Å². The van der Waals surface area contributed by atoms with E-state index in [1.54, 1.807) is 0 Å². The molecule has 1 aromatic rings. The molecule has 2 heterocycles. The van der Waals surface area contributed by atoms with Crippen LogP contribution < -0.4 is 0 Å². The summed E-state index contributed by atoms with van der Waals surface area (Å²) >= 11 is 0. The van der Waals surface area contributed by atoms with E-state index in [1.165, 1.54) is 0 Å². The number of carbonyl (C=O) groups is 1. The summed E-state index contributed by atoms with van der Waals surface area (Å²) in [5.74, 6) is 0.591. The molecule has 5 heteroatoms. The molecular formula is C20H31N3O2. The predicted octanol–water partition coefficient (Wildman–Crippen LogP) is 2.28. The van der Waals surface area contributed by atoms with Gasteiger partial charge >= 0.3 is 0 Å². The molecule has 2 aliphatic carbocycles. The van der Waals surface area contributed by atoms with Gasteiger partial charge in [-0.15, -0.1) is 0 Å². The Labute approximate surface area is 150 Å². The third-order valence-electron chi connectivity index (χ3n) is 6.63. The fraction of sp³-hybridized carbons (Fsp3) is 0.750. The SMILES string of the molecule is O=C(C1CCC(n2cccc2)CC1)N1CCN([C@@H]2CCC[C@@H]2O)CC1. The van der Waals surface area contributed by atoms with Crippen LogP contribution in [0.3, 0.4) is 0 Å². The number of aliphatic hydroxyl groups is 1. The van der Waals surface area contributed by atoms with E-state index in [0.717, 1.165) is 71.1 Å². The molecule has 5 nitrogen and oxygen atoms in total. The quantitative estimate of drug-likeness (QED) is 0.914. The number of amides is 1. The first-order chi connectivity index (χ1) is 12.2. The maximum Gasteiger partial charge on any atom is 0.225 e. The summed E-state index contributed by atoms with van der Waals surface area (Å²) in [7, 11) is 0. The van der Waals surface area contributed by atoms with Gasteiger partial charge in [0, 0.05) is 56.6 Å². The lowest BCUT2D eigenvalue weighted by atomic mass is 9.85. The van der Waals surface area contributed by atoms with Gasteiger partial charge in [0.25, 0.3) is 0 Å². The summed E-state index contributed by atoms with van der Waals surface area (Å²) in [6.07, 6.45) is 11.6. The lowest BCUT2D eigenvalue weighted by Gasteiger charge is -2.41. The zero-order chi connectivity index (χ0) is 17.2. The minimum absolute atomic E-state index is 0.161. The van der Waals surface area contributed by atoms with Crippen LogP contribution in [-0.4, -0.2) is 63.7 Å². The number of aromatic nitrogens is 1. The fourth-order valence-electron chi connectivity index (χ4n) is 5.09. The van der Waals surface area contributed by atoms with Crippen molar-refractivity contribution in [1.29, 1.82) is 0 Å². The first kappa shape index (κ1) is 17.1. The predicted molar refractivity (Wildman–Crippen MR) is 97.2 cm³/mol. The van der Waals surface area contributed by atoms with E-state index in [-0.39, 0.29) is 12.0 Å². The Hall–Kier alpha value is -1.33. The minimum atomic E-state index is -0.161. The van der Waals surface area contributed by atoms with Crippen molar-refractivity contribution in [1.82, 2.24) is 14.4 Å². The lowest BCUT2D eigenvalue weighted by Crippen LogP contribution is -2.54. The Morgan fingerprint density at radius 1 is 0.880 bits per heavy atom. The molecule has 2 atom stereocenters. The molecule has 4 rings (SSSR count). The molecule has 1 aliphatic heterocycles. The molecule has 0 bridgehead atoms. The summed E-state index contributed by atoms with van der Waals surface area (Å²) in [6, 6.07) is 5.06. The first-order valence-corrected chi connectivity index (χ1v) is 10.1. The normalized spacial score (nSPS) is 34.4. The number of rotatable bonds is 3. The summed E-state index contributed by atoms with van der Waals surface area (Å²) < 4.78 is 2.30. The Bertz CT molecular complexity index is 558. The lowest BCUT2D eigenvalue weighted by molar-refractivity contribution is -0.139. The standard InChI is InChI=1S/C20H31N3O2/c24-19-5-3-4-18(19)22-12-14-23(15-13-22)20(25)16-6-8-17(9-7-16)21-10-1-2-11-21/h1-2,10-11,16-19,24H,3-9,12-15H2/t16?,17?,18-,19+/m1/s1. The highest BCUT2D eigenvalue weighted by atomic mass is 16.3. The van der Waals surface area contributed by atoms with Gasteiger partial charge in [-0.1, -0.05) is 0 Å². The second-order valence-electron chi connectivity index (χ2n) is 8.06. The van der Waals surface area contributed by atoms with Gasteiger partial charge in [0.2, 0.25) is 5.91 Å². The van der Waals surface area contributed by atoms with Crippen LogP contribution in [-0.2, 0) is 4.79 Å². The summed E-state index contributed by atoms with van der Waals surface area (Å²) in [6.45, 7) is 3.51. The summed E-state index contributed by atoms with van der Waals surface area (Å²) in [4.78, 5) is 17.4. The number of hydrogen-bond donors (Lipinski definition) is 1. The van der Waals surface area contributed by atoms with Crippen molar-refractivity contribution >= 4 is 5.91 Å². The molecule has 25 heavy (non-hydrogen) atoms. The maximum absolute atomic E-state index is 12.9. The van der Waals surface area contributed by atoms with Crippen LogP contribution in [0.15, 0.2) is 24.5 Å². The van der Waals surface area contributed by atoms with Gasteiger partial charge in [0.05, 0.1) is 6.10 Å². The number of piperazine rings is 1. The van der Waals surface area contributed by atoms with Gasteiger partial charge < -0.3 is 14.6 Å². The third-order valence-corrected chi connectivity index (χ3v) is 6.63. The highest BCUT2D eigenvalue weighted by Gasteiger charge is 2.35. The van der Waals surface area contributed by atoms with E-state index in [2.05, 4.69) is 38.9 Å². The zero-order valence-corrected chi connectivity index (χ0v) is 15.1. The van der Waals surface area contributed by atoms with Crippen molar-refractivity contribution in [2.75, 3.05) is 26.2 Å². The van der Waals surface area contributed by atoms with Crippen molar-refractivity contribution in [3.8, 4) is 0 Å². The van der Waals surface area contributed by atoms with Gasteiger partial charge in [-0.05, 0) is 57.1 Å². The molecule has 3 aliphatic rings. The molecular weight excluding hydrogens is 314 g/mol. The Kier molecular flexibility index (Phi) is 5.13. The largest absolute Gasteiger partial charge is 0.391 e. The van der Waals surface area contributed by atoms with Crippen LogP contribution >= 0.6 is 0 Å². The number of hydrogen-bond acceptors (Lipinski definition) is 3. The van der Waals surface area contributed by atoms with Crippen LogP contribution in [0, 0.1) is 5.92 Å². The van der Waals surface area contributed by atoms with Crippen molar-refractivity contribution < 1.29 is 9.90 Å². The van der Waals surface area contributed by atoms with Crippen LogP contribution in [0.4, 0.5) is 0 Å². The minimum Gasteiger partial charge on any atom is -0.391 e. The van der Waals surface area contributed by atoms with Crippen molar-refractivity contribution in [2.45, 2.75) is 63.1 Å². The fourth-order valence-corrected chi connectivity index (χ4v) is 5.09. The molecule has 3 fully saturated rings. The van der Waals surface area contributed by atoms with E-state index < -0.39 is 0 Å². The molecule has 0 spiro atoms. The smallest absolute Gasteiger partial charge is 0.225 e. The van der Waals surface area contributed by atoms with Crippen LogP contribution in [0.1, 0.15) is 51.0 Å². The van der Waals surface area contributed by atoms with E-state index >= 15 is 0 Å². The molecule has 1 amide bonds. The topological polar surface area (TPSA) is 48.7 Å². The third kappa shape index (κ3) is 3.63. The van der Waals surface area contributed by atoms with Crippen LogP contribution in [0.2, 0.25) is 0 Å². The van der Waals surface area contributed by atoms with Gasteiger partial charge in [-0.25, -0.2) is 0 Å². The van der Waals surface area contributed by atoms with Gasteiger partial charge in [-0.2, -0.15) is 0 Å². The monoisotopic (exact) mass is 345 g/mol. The molecule has 1 saturated heterocycles. The maximum atomic E-state index is 12.9. The Morgan fingerprint density at radius 2 is 1.56 bits per heavy atom. The molecule has 1 aromatic heterocycles. The number of carbonyl (C=O) groups excluding carboxylic acids is 1. The zero-order valence-electron chi connectivity index (χ0n) is 15.1. The van der Waals surface area contributed by atoms with E-state index in [0.29, 0.717) is 18.0 Å². The van der Waals surface area contributed by atoms with E-state index in [1.807, 2.05) is 0 Å². The van der Waals surface area contributed by atoms with Crippen molar-refractivity contribution in [3.63, 3.8) is 0 Å². The van der Waals surface area contributed by atoms with Crippen LogP contribution in [0.25, 0.3) is 0 Å². The van der Waals surface area contributed by atoms with Crippen molar-refractivity contribution in [3.05, 3.63) is 24.5 Å². The molecule has 138 valence electrons. The number of aliphatic hydroxyl groups excluding tert-OH is 1. The first-order valence-electron chi connectivity index (χ1n) is 10.1. The highest BCUT2D eigenvalue weighted by molar-refractivity contribution is 5.79. The molecule has 1 N–H and O–H groups in total. The Morgan fingerprint density at radius 3 is 2.16 bits per heavy atom. The second-order valence-corrected chi connectivity index (χ2v) is 8.06. The second kappa shape index (κ2) is 7.50. The van der Waals surface area contributed by atoms with E-state index in [9.17, 15) is 9.90 Å². The molecule has 0 radical (unpaired) electrons. The van der Waals surface area contributed by atoms with Gasteiger partial charge in [-0.3, -0.25) is 9.69 Å². The summed E-state index contributed by atoms with van der Waals surface area (Å²) in [5.41, 5.74) is 0. The molecule has 0 aromatic carbocycles. The molecule has 2 saturated carbocycles. The average molecular weight is 345 g/mol. The van der Waals surface area contributed by atoms with Crippen LogP contribution in [0.5, 0.6) is 0 Å². The average Bonchev–Trinajstić information content (AvgIpc) is 3.33. The molecule has 0 unspecified atom stereocenters. The number of nitrogens with zero attached hydrogens (tertiary/aromatic N) is 3. The van der Waals surface area contributed by atoms with Gasteiger partial charge in [0.15, 0.2) is 0 Å². The highest BCUT2D eigenvalue weighted by Crippen LogP contribution is 2.33. The summed E-state index contributed by atoms with van der Waals surface area (Å²) in [5, 5.41) is 10.1. The Balaban J connectivity index is 1.25.